The Labute approximate surface area is 173 Å². The van der Waals surface area contributed by atoms with Gasteiger partial charge in [0, 0.05) is 29.6 Å². The second-order valence-corrected chi connectivity index (χ2v) is 8.14. The third-order valence-corrected chi connectivity index (χ3v) is 4.47. The van der Waals surface area contributed by atoms with Crippen LogP contribution in [-0.2, 0) is 11.2 Å². The minimum absolute atomic E-state index is 0.281. The molecule has 8 heteroatoms. The van der Waals surface area contributed by atoms with Gasteiger partial charge in [-0.1, -0.05) is 23.7 Å². The fraction of sp³-hybridized carbons (Fsp3) is 0.381. The van der Waals surface area contributed by atoms with E-state index in [0.717, 1.165) is 5.56 Å². The van der Waals surface area contributed by atoms with E-state index in [1.54, 1.807) is 45.0 Å². The molecule has 0 bridgehead atoms. The molecule has 1 aromatic carbocycles. The Morgan fingerprint density at radius 3 is 2.69 bits per heavy atom. The number of nitrogens with zero attached hydrogens (tertiary/aromatic N) is 3. The van der Waals surface area contributed by atoms with Crippen LogP contribution in [0.4, 0.5) is 4.39 Å². The van der Waals surface area contributed by atoms with E-state index in [-0.39, 0.29) is 12.0 Å². The monoisotopic (exact) mass is 419 g/mol. The van der Waals surface area contributed by atoms with E-state index in [4.69, 9.17) is 21.1 Å². The van der Waals surface area contributed by atoms with Crippen molar-refractivity contribution in [3.05, 3.63) is 58.5 Å². The molecule has 0 fully saturated rings. The van der Waals surface area contributed by atoms with Crippen molar-refractivity contribution in [1.82, 2.24) is 14.6 Å². The highest BCUT2D eigenvalue weighted by atomic mass is 35.5. The second kappa shape index (κ2) is 8.37. The number of methoxy groups -OCH3 is 1. The van der Waals surface area contributed by atoms with Gasteiger partial charge in [-0.2, -0.15) is 5.10 Å². The molecule has 0 radical (unpaired) electrons. The zero-order valence-corrected chi connectivity index (χ0v) is 17.5. The topological polar surface area (TPSA) is 65.7 Å². The molecule has 0 aliphatic carbocycles. The number of carbonyl (C=O) groups is 1. The number of aromatic nitrogens is 3. The summed E-state index contributed by atoms with van der Waals surface area (Å²) < 4.78 is 25.9. The summed E-state index contributed by atoms with van der Waals surface area (Å²) in [6.45, 7) is 4.81. The molecule has 0 amide bonds. The smallest absolute Gasteiger partial charge is 0.340 e. The maximum Gasteiger partial charge on any atom is 0.340 e. The van der Waals surface area contributed by atoms with Gasteiger partial charge in [0.2, 0.25) is 0 Å². The SMILES string of the molecule is COc1cc(C(=O)OC(C)(C)C)cn2nc(CC(CF)c3cccc(Cl)c3)nc12. The summed E-state index contributed by atoms with van der Waals surface area (Å²) in [5.74, 6) is -0.100. The van der Waals surface area contributed by atoms with Crippen LogP contribution >= 0.6 is 11.6 Å². The standard InChI is InChI=1S/C21H23ClFN3O3/c1-21(2,3)29-20(27)15-9-17(28-4)19-24-18(25-26(19)12-15)10-14(11-23)13-6-5-7-16(22)8-13/h5-9,12,14H,10-11H2,1-4H3. The zero-order valence-electron chi connectivity index (χ0n) is 16.8. The van der Waals surface area contributed by atoms with Gasteiger partial charge in [-0.25, -0.2) is 14.3 Å². The van der Waals surface area contributed by atoms with Crippen molar-refractivity contribution in [2.45, 2.75) is 38.7 Å². The number of carbonyl (C=O) groups excluding carboxylic acids is 1. The van der Waals surface area contributed by atoms with Crippen molar-refractivity contribution in [3.8, 4) is 5.75 Å². The van der Waals surface area contributed by atoms with Gasteiger partial charge >= 0.3 is 5.97 Å². The zero-order chi connectivity index (χ0) is 21.2. The van der Waals surface area contributed by atoms with Crippen LogP contribution in [0.15, 0.2) is 36.5 Å². The van der Waals surface area contributed by atoms with Crippen LogP contribution in [0.3, 0.4) is 0 Å². The van der Waals surface area contributed by atoms with Gasteiger partial charge in [0.25, 0.3) is 0 Å². The molecule has 0 saturated carbocycles. The molecule has 1 unspecified atom stereocenters. The van der Waals surface area contributed by atoms with Crippen LogP contribution < -0.4 is 4.74 Å². The van der Waals surface area contributed by atoms with E-state index in [2.05, 4.69) is 10.1 Å². The summed E-state index contributed by atoms with van der Waals surface area (Å²) in [6.07, 6.45) is 1.82. The van der Waals surface area contributed by atoms with Gasteiger partial charge in [0.1, 0.15) is 5.60 Å². The number of alkyl halides is 1. The maximum absolute atomic E-state index is 13.7. The van der Waals surface area contributed by atoms with Gasteiger partial charge in [-0.15, -0.1) is 0 Å². The molecule has 29 heavy (non-hydrogen) atoms. The number of esters is 1. The summed E-state index contributed by atoms with van der Waals surface area (Å²) in [5.41, 5.74) is 0.884. The lowest BCUT2D eigenvalue weighted by molar-refractivity contribution is 0.00685. The van der Waals surface area contributed by atoms with Gasteiger partial charge in [0.05, 0.1) is 19.3 Å². The molecule has 3 rings (SSSR count). The number of pyridine rings is 1. The van der Waals surface area contributed by atoms with E-state index in [0.29, 0.717) is 22.2 Å². The molecular formula is C21H23ClFN3O3. The fourth-order valence-electron chi connectivity index (χ4n) is 2.93. The lowest BCUT2D eigenvalue weighted by Crippen LogP contribution is -2.24. The Balaban J connectivity index is 1.93. The summed E-state index contributed by atoms with van der Waals surface area (Å²) >= 11 is 6.03. The minimum Gasteiger partial charge on any atom is -0.493 e. The molecule has 0 saturated heterocycles. The minimum atomic E-state index is -0.627. The first-order valence-corrected chi connectivity index (χ1v) is 9.56. The molecule has 154 valence electrons. The van der Waals surface area contributed by atoms with Gasteiger partial charge in [-0.05, 0) is 38.5 Å². The number of hydrogen-bond acceptors (Lipinski definition) is 5. The number of ether oxygens (including phenoxy) is 2. The predicted octanol–water partition coefficient (Wildman–Crippen LogP) is 4.64. The highest BCUT2D eigenvalue weighted by Gasteiger charge is 2.22. The van der Waals surface area contributed by atoms with Crippen LogP contribution in [-0.4, -0.2) is 40.0 Å². The van der Waals surface area contributed by atoms with Crippen molar-refractivity contribution in [2.75, 3.05) is 13.8 Å². The average Bonchev–Trinajstić information content (AvgIpc) is 3.06. The Hall–Kier alpha value is -2.67. The average molecular weight is 420 g/mol. The number of rotatable bonds is 6. The first-order valence-electron chi connectivity index (χ1n) is 9.18. The third-order valence-electron chi connectivity index (χ3n) is 4.23. The van der Waals surface area contributed by atoms with Crippen LogP contribution in [0.2, 0.25) is 5.02 Å². The Bertz CT molecular complexity index is 1030. The number of hydrogen-bond donors (Lipinski definition) is 0. The molecule has 1 atom stereocenters. The van der Waals surface area contributed by atoms with Crippen LogP contribution in [0, 0.1) is 0 Å². The number of benzene rings is 1. The molecule has 6 nitrogen and oxygen atoms in total. The maximum atomic E-state index is 13.7. The first kappa shape index (κ1) is 21.0. The van der Waals surface area contributed by atoms with E-state index in [1.165, 1.54) is 17.8 Å². The van der Waals surface area contributed by atoms with Crippen molar-refractivity contribution < 1.29 is 18.7 Å². The van der Waals surface area contributed by atoms with Gasteiger partial charge in [0.15, 0.2) is 17.2 Å². The Kier molecular flexibility index (Phi) is 6.07. The molecule has 0 spiro atoms. The van der Waals surface area contributed by atoms with Crippen molar-refractivity contribution in [3.63, 3.8) is 0 Å². The largest absolute Gasteiger partial charge is 0.493 e. The third kappa shape index (κ3) is 5.03. The molecule has 0 aliphatic rings. The summed E-state index contributed by atoms with van der Waals surface area (Å²) in [6, 6.07) is 8.65. The Morgan fingerprint density at radius 2 is 2.07 bits per heavy atom. The van der Waals surface area contributed by atoms with Crippen molar-refractivity contribution in [2.24, 2.45) is 0 Å². The highest BCUT2D eigenvalue weighted by molar-refractivity contribution is 6.30. The fourth-order valence-corrected chi connectivity index (χ4v) is 3.13. The first-order chi connectivity index (χ1) is 13.7. The van der Waals surface area contributed by atoms with Gasteiger partial charge < -0.3 is 9.47 Å². The lowest BCUT2D eigenvalue weighted by atomic mass is 9.97. The predicted molar refractivity (Wildman–Crippen MR) is 109 cm³/mol. The van der Waals surface area contributed by atoms with E-state index >= 15 is 0 Å². The summed E-state index contributed by atoms with van der Waals surface area (Å²) in [4.78, 5) is 16.9. The van der Waals surface area contributed by atoms with Crippen molar-refractivity contribution in [1.29, 1.82) is 0 Å². The summed E-state index contributed by atoms with van der Waals surface area (Å²) in [7, 11) is 1.49. The van der Waals surface area contributed by atoms with E-state index < -0.39 is 24.2 Å². The number of halogens is 2. The summed E-state index contributed by atoms with van der Waals surface area (Å²) in [5, 5.41) is 4.96. The van der Waals surface area contributed by atoms with Crippen molar-refractivity contribution >= 4 is 23.2 Å². The molecule has 2 aromatic heterocycles. The quantitative estimate of drug-likeness (QED) is 0.544. The van der Waals surface area contributed by atoms with E-state index in [1.807, 2.05) is 6.07 Å². The van der Waals surface area contributed by atoms with Crippen LogP contribution in [0.1, 0.15) is 48.4 Å². The molecule has 0 aliphatic heterocycles. The second-order valence-electron chi connectivity index (χ2n) is 7.71. The number of fused-ring (bicyclic) bond motifs is 1. The Morgan fingerprint density at radius 1 is 1.31 bits per heavy atom. The molecular weight excluding hydrogens is 397 g/mol. The molecule has 0 N–H and O–H groups in total. The molecule has 3 aromatic rings. The molecule has 2 heterocycles. The highest BCUT2D eigenvalue weighted by Crippen LogP contribution is 2.26. The van der Waals surface area contributed by atoms with Crippen LogP contribution in [0.5, 0.6) is 5.75 Å². The lowest BCUT2D eigenvalue weighted by Gasteiger charge is -2.19. The van der Waals surface area contributed by atoms with Crippen LogP contribution in [0.25, 0.3) is 5.65 Å². The normalized spacial score (nSPS) is 12.8. The van der Waals surface area contributed by atoms with E-state index in [9.17, 15) is 9.18 Å². The van der Waals surface area contributed by atoms with Gasteiger partial charge in [-0.3, -0.25) is 4.39 Å².